The number of nitrogens with one attached hydrogen (secondary N) is 7. The molecule has 24 nitrogen and oxygen atoms in total. The number of hydrogen-bond acceptors (Lipinski definition) is 14. The molecule has 1 saturated heterocycles. The van der Waals surface area contributed by atoms with E-state index in [1.165, 1.54) is 20.8 Å². The first-order valence-electron chi connectivity index (χ1n) is 22.9. The molecule has 0 bridgehead atoms. The van der Waals surface area contributed by atoms with Crippen LogP contribution in [0, 0.1) is 17.8 Å². The Bertz CT molecular complexity index is 1730. The first kappa shape index (κ1) is 59.6. The number of aliphatic hydroxyl groups is 2. The summed E-state index contributed by atoms with van der Waals surface area (Å²) >= 11 is 0. The van der Waals surface area contributed by atoms with Crippen LogP contribution in [0.2, 0.25) is 0 Å². The van der Waals surface area contributed by atoms with E-state index in [2.05, 4.69) is 37.2 Å². The summed E-state index contributed by atoms with van der Waals surface area (Å²) in [5.41, 5.74) is 16.8. The molecular formula is C43H77N11O13. The zero-order valence-corrected chi connectivity index (χ0v) is 40.3. The van der Waals surface area contributed by atoms with Crippen molar-refractivity contribution in [1.29, 1.82) is 0 Å². The number of nitrogens with two attached hydrogens (primary N) is 3. The third-order valence-corrected chi connectivity index (χ3v) is 11.0. The van der Waals surface area contributed by atoms with Crippen molar-refractivity contribution < 1.29 is 63.3 Å². The van der Waals surface area contributed by atoms with E-state index in [-0.39, 0.29) is 50.0 Å². The number of carboxylic acids is 1. The maximum Gasteiger partial charge on any atom is 0.326 e. The van der Waals surface area contributed by atoms with Crippen LogP contribution in [-0.2, 0) is 47.9 Å². The largest absolute Gasteiger partial charge is 0.480 e. The minimum absolute atomic E-state index is 0.0179. The molecule has 0 aromatic heterocycles. The molecule has 1 aliphatic rings. The molecule has 0 aromatic rings. The summed E-state index contributed by atoms with van der Waals surface area (Å²) in [5.74, 6) is -9.86. The van der Waals surface area contributed by atoms with Gasteiger partial charge in [0.2, 0.25) is 53.2 Å². The maximum atomic E-state index is 13.9. The molecule has 1 fully saturated rings. The van der Waals surface area contributed by atoms with Crippen LogP contribution in [0.15, 0.2) is 0 Å². The van der Waals surface area contributed by atoms with Crippen LogP contribution >= 0.6 is 0 Å². The molecule has 0 aliphatic carbocycles. The molecule has 9 amide bonds. The van der Waals surface area contributed by atoms with E-state index >= 15 is 0 Å². The number of amides is 9. The molecular weight excluding hydrogens is 879 g/mol. The van der Waals surface area contributed by atoms with Gasteiger partial charge in [0.05, 0.1) is 24.7 Å². The number of nitrogens with zero attached hydrogens (tertiary/aromatic N) is 1. The Balaban J connectivity index is 3.23. The summed E-state index contributed by atoms with van der Waals surface area (Å²) in [4.78, 5) is 133. The highest BCUT2D eigenvalue weighted by molar-refractivity contribution is 5.99. The van der Waals surface area contributed by atoms with Crippen molar-refractivity contribution >= 4 is 59.1 Å². The number of primary amides is 1. The van der Waals surface area contributed by atoms with Gasteiger partial charge in [-0.3, -0.25) is 43.2 Å². The second-order valence-electron chi connectivity index (χ2n) is 18.4. The number of carbonyl (C=O) groups is 10. The Morgan fingerprint density at radius 2 is 1.07 bits per heavy atom. The first-order valence-corrected chi connectivity index (χ1v) is 22.9. The van der Waals surface area contributed by atoms with E-state index in [1.807, 2.05) is 0 Å². The third-order valence-electron chi connectivity index (χ3n) is 11.0. The van der Waals surface area contributed by atoms with Crippen molar-refractivity contribution in [1.82, 2.24) is 42.1 Å². The highest BCUT2D eigenvalue weighted by atomic mass is 16.4. The Hall–Kier alpha value is -5.46. The average Bonchev–Trinajstić information content (AvgIpc) is 3.72. The minimum Gasteiger partial charge on any atom is -0.480 e. The lowest BCUT2D eigenvalue weighted by Crippen LogP contribution is -2.61. The fourth-order valence-corrected chi connectivity index (χ4v) is 7.17. The molecule has 1 heterocycles. The number of carboxylic acid groups (broad SMARTS) is 1. The topological polar surface area (TPSA) is 397 Å². The first-order chi connectivity index (χ1) is 31.1. The number of unbranched alkanes of at least 4 members (excludes halogenated alkanes) is 1. The molecule has 11 atom stereocenters. The van der Waals surface area contributed by atoms with Crippen LogP contribution in [0.5, 0.6) is 0 Å². The number of likely N-dealkylation sites (tertiary alicyclic amines) is 1. The predicted octanol–water partition coefficient (Wildman–Crippen LogP) is -3.68. The molecule has 0 spiro atoms. The van der Waals surface area contributed by atoms with E-state index < -0.39 is 132 Å². The van der Waals surface area contributed by atoms with E-state index in [4.69, 9.17) is 17.2 Å². The van der Waals surface area contributed by atoms with Gasteiger partial charge in [-0.05, 0) is 90.0 Å². The molecule has 16 N–H and O–H groups in total. The summed E-state index contributed by atoms with van der Waals surface area (Å²) < 4.78 is 0. The zero-order chi connectivity index (χ0) is 51.5. The molecule has 24 heteroatoms. The summed E-state index contributed by atoms with van der Waals surface area (Å²) in [5, 5.41) is 47.5. The van der Waals surface area contributed by atoms with Crippen molar-refractivity contribution in [3.05, 3.63) is 0 Å². The van der Waals surface area contributed by atoms with Crippen LogP contribution < -0.4 is 54.4 Å². The van der Waals surface area contributed by atoms with Crippen molar-refractivity contribution in [2.45, 2.75) is 180 Å². The molecule has 1 rings (SSSR count). The van der Waals surface area contributed by atoms with Gasteiger partial charge >= 0.3 is 5.97 Å². The van der Waals surface area contributed by atoms with Crippen molar-refractivity contribution in [2.24, 2.45) is 35.0 Å². The number of hydrogen-bond donors (Lipinski definition) is 13. The third kappa shape index (κ3) is 20.1. The molecule has 0 aromatic carbocycles. The Kier molecular flexibility index (Phi) is 25.5. The second-order valence-corrected chi connectivity index (χ2v) is 18.4. The van der Waals surface area contributed by atoms with E-state index in [1.54, 1.807) is 41.5 Å². The van der Waals surface area contributed by atoms with Crippen LogP contribution in [-0.4, -0.2) is 159 Å². The summed E-state index contributed by atoms with van der Waals surface area (Å²) in [6, 6.07) is -12.1. The molecule has 1 aliphatic heterocycles. The molecule has 0 radical (unpaired) electrons. The fraction of sp³-hybridized carbons (Fsp3) is 0.767. The molecule has 382 valence electrons. The van der Waals surface area contributed by atoms with Crippen LogP contribution in [0.4, 0.5) is 0 Å². The van der Waals surface area contributed by atoms with E-state index in [9.17, 15) is 63.3 Å². The van der Waals surface area contributed by atoms with Crippen LogP contribution in [0.25, 0.3) is 0 Å². The zero-order valence-electron chi connectivity index (χ0n) is 40.3. The number of aliphatic hydroxyl groups excluding tert-OH is 2. The Morgan fingerprint density at radius 3 is 1.52 bits per heavy atom. The lowest BCUT2D eigenvalue weighted by Gasteiger charge is -2.30. The van der Waals surface area contributed by atoms with Gasteiger partial charge in [-0.15, -0.1) is 0 Å². The van der Waals surface area contributed by atoms with Gasteiger partial charge in [0.1, 0.15) is 48.3 Å². The summed E-state index contributed by atoms with van der Waals surface area (Å²) in [6.45, 7) is 14.6. The van der Waals surface area contributed by atoms with Gasteiger partial charge in [-0.25, -0.2) is 4.79 Å². The number of aliphatic carboxylic acids is 1. The SMILES string of the molecule is CC(C)CC(NC(=O)C(CC(C)C)NC(=O)C(NC(=O)C(N)C(C)C)C(C)O)C(=O)NC(CC(N)=O)C(=O)NC(C)C(=O)N1CCCC1C(=O)NC(C(=O)NC(CCCCN)C(=O)O)C(C)O. The van der Waals surface area contributed by atoms with Gasteiger partial charge in [-0.2, -0.15) is 0 Å². The summed E-state index contributed by atoms with van der Waals surface area (Å²) in [6.07, 6.45) is -2.06. The van der Waals surface area contributed by atoms with Gasteiger partial charge in [0.25, 0.3) is 0 Å². The van der Waals surface area contributed by atoms with Crippen molar-refractivity contribution in [2.75, 3.05) is 13.1 Å². The molecule has 67 heavy (non-hydrogen) atoms. The predicted molar refractivity (Wildman–Crippen MR) is 243 cm³/mol. The van der Waals surface area contributed by atoms with Gasteiger partial charge in [0, 0.05) is 6.54 Å². The standard InChI is InChI=1S/C43H77N11O13/c1-20(2)17-27(49-37(60)28(18-21(3)4)51-41(64)34(25(9)56)53-39(62)32(46)22(5)6)36(59)50-29(19-31(45)57)35(58)47-23(7)42(65)54-16-12-14-30(54)38(61)52-33(24(8)55)40(63)48-26(43(66)67)13-10-11-15-44/h20-30,32-34,55-56H,10-19,44,46H2,1-9H3,(H2,45,57)(H,47,58)(H,48,63)(H,49,60)(H,50,59)(H,51,64)(H,52,61)(H,53,62)(H,66,67). The number of carbonyl (C=O) groups excluding carboxylic acids is 9. The highest BCUT2D eigenvalue weighted by Crippen LogP contribution is 2.20. The minimum atomic E-state index is -1.65. The van der Waals surface area contributed by atoms with Gasteiger partial charge < -0.3 is 74.6 Å². The lowest BCUT2D eigenvalue weighted by molar-refractivity contribution is -0.144. The fourth-order valence-electron chi connectivity index (χ4n) is 7.17. The summed E-state index contributed by atoms with van der Waals surface area (Å²) in [7, 11) is 0. The average molecular weight is 956 g/mol. The lowest BCUT2D eigenvalue weighted by atomic mass is 9.99. The Morgan fingerprint density at radius 1 is 0.612 bits per heavy atom. The van der Waals surface area contributed by atoms with E-state index in [0.29, 0.717) is 25.8 Å². The van der Waals surface area contributed by atoms with Crippen LogP contribution in [0.3, 0.4) is 0 Å². The van der Waals surface area contributed by atoms with Crippen molar-refractivity contribution in [3.63, 3.8) is 0 Å². The highest BCUT2D eigenvalue weighted by Gasteiger charge is 2.40. The Labute approximate surface area is 392 Å². The van der Waals surface area contributed by atoms with Crippen LogP contribution in [0.1, 0.15) is 114 Å². The van der Waals surface area contributed by atoms with Crippen molar-refractivity contribution in [3.8, 4) is 0 Å². The monoisotopic (exact) mass is 956 g/mol. The number of rotatable bonds is 29. The molecule has 0 saturated carbocycles. The smallest absolute Gasteiger partial charge is 0.326 e. The maximum absolute atomic E-state index is 13.9. The van der Waals surface area contributed by atoms with E-state index in [0.717, 1.165) is 4.90 Å². The second kappa shape index (κ2) is 28.7. The normalized spacial score (nSPS) is 18.2. The van der Waals surface area contributed by atoms with Gasteiger partial charge in [-0.1, -0.05) is 41.5 Å². The molecule has 11 unspecified atom stereocenters. The van der Waals surface area contributed by atoms with Gasteiger partial charge in [0.15, 0.2) is 0 Å². The quantitative estimate of drug-likeness (QED) is 0.0321.